The van der Waals surface area contributed by atoms with Crippen molar-refractivity contribution in [3.05, 3.63) is 90.0 Å². The summed E-state index contributed by atoms with van der Waals surface area (Å²) in [6, 6.07) is 26.3. The number of hydrogen-bond donors (Lipinski definition) is 0. The van der Waals surface area contributed by atoms with E-state index in [2.05, 4.69) is 19.1 Å². The quantitative estimate of drug-likeness (QED) is 0.513. The molecule has 0 saturated carbocycles. The summed E-state index contributed by atoms with van der Waals surface area (Å²) in [6.07, 6.45) is 0. The lowest BCUT2D eigenvalue weighted by Crippen LogP contribution is -2.30. The first-order valence-electron chi connectivity index (χ1n) is 9.42. The van der Waals surface area contributed by atoms with Crippen molar-refractivity contribution >= 4 is 16.9 Å². The molecule has 0 N–H and O–H groups in total. The van der Waals surface area contributed by atoms with Gasteiger partial charge in [0.05, 0.1) is 11.0 Å². The van der Waals surface area contributed by atoms with Crippen molar-refractivity contribution in [2.75, 3.05) is 7.05 Å². The number of aryl methyl sites for hydroxylation is 1. The Morgan fingerprint density at radius 1 is 0.964 bits per heavy atom. The van der Waals surface area contributed by atoms with Gasteiger partial charge in [-0.1, -0.05) is 66.2 Å². The fourth-order valence-electron chi connectivity index (χ4n) is 3.44. The van der Waals surface area contributed by atoms with Crippen LogP contribution >= 0.6 is 0 Å². The topological polar surface area (TPSA) is 38.1 Å². The third kappa shape index (κ3) is 3.67. The molecule has 0 aliphatic heterocycles. The molecule has 0 unspecified atom stereocenters. The minimum atomic E-state index is 0.0564. The molecule has 140 valence electrons. The Balaban J connectivity index is 1.67. The van der Waals surface area contributed by atoms with E-state index in [0.29, 0.717) is 6.54 Å². The Morgan fingerprint density at radius 2 is 1.71 bits per heavy atom. The minimum Gasteiger partial charge on any atom is -0.340 e. The number of carbonyl (C=O) groups excluding carboxylic acids is 1. The van der Waals surface area contributed by atoms with Crippen LogP contribution in [0.1, 0.15) is 11.1 Å². The molecule has 4 nitrogen and oxygen atoms in total. The van der Waals surface area contributed by atoms with Gasteiger partial charge in [-0.3, -0.25) is 4.79 Å². The van der Waals surface area contributed by atoms with Gasteiger partial charge >= 0.3 is 0 Å². The molecule has 1 amide bonds. The Bertz CT molecular complexity index is 1120. The number of para-hydroxylation sites is 2. The standard InChI is InChI=1S/C24H23N3O/c1-18-9-8-12-20(15-18)24-25-21-13-6-7-14-22(21)27(24)17-23(28)26(2)16-19-10-4-3-5-11-19/h3-15H,16-17H2,1-2H3. The third-order valence-corrected chi connectivity index (χ3v) is 4.91. The number of rotatable bonds is 5. The predicted octanol–water partition coefficient (Wildman–Crippen LogP) is 4.67. The summed E-state index contributed by atoms with van der Waals surface area (Å²) in [5, 5.41) is 0. The zero-order valence-corrected chi connectivity index (χ0v) is 16.2. The summed E-state index contributed by atoms with van der Waals surface area (Å²) in [7, 11) is 1.85. The van der Waals surface area contributed by atoms with E-state index in [1.54, 1.807) is 4.90 Å². The molecule has 0 aliphatic carbocycles. The highest BCUT2D eigenvalue weighted by molar-refractivity contribution is 5.84. The monoisotopic (exact) mass is 369 g/mol. The van der Waals surface area contributed by atoms with Crippen LogP contribution < -0.4 is 0 Å². The molecular formula is C24H23N3O. The van der Waals surface area contributed by atoms with Gasteiger partial charge in [-0.2, -0.15) is 0 Å². The largest absolute Gasteiger partial charge is 0.340 e. The number of benzene rings is 3. The highest BCUT2D eigenvalue weighted by Gasteiger charge is 2.17. The fraction of sp³-hybridized carbons (Fsp3) is 0.167. The van der Waals surface area contributed by atoms with Crippen molar-refractivity contribution in [2.45, 2.75) is 20.0 Å². The zero-order valence-electron chi connectivity index (χ0n) is 16.2. The second-order valence-electron chi connectivity index (χ2n) is 7.12. The van der Waals surface area contributed by atoms with E-state index in [4.69, 9.17) is 4.98 Å². The van der Waals surface area contributed by atoms with Crippen molar-refractivity contribution in [1.29, 1.82) is 0 Å². The van der Waals surface area contributed by atoms with Crippen molar-refractivity contribution in [3.63, 3.8) is 0 Å². The molecule has 1 aromatic heterocycles. The molecule has 1 heterocycles. The zero-order chi connectivity index (χ0) is 19.5. The van der Waals surface area contributed by atoms with Crippen LogP contribution in [0.15, 0.2) is 78.9 Å². The molecule has 4 aromatic rings. The number of likely N-dealkylation sites (N-methyl/N-ethyl adjacent to an activating group) is 1. The average Bonchev–Trinajstić information content (AvgIpc) is 3.07. The molecule has 0 fully saturated rings. The van der Waals surface area contributed by atoms with E-state index in [9.17, 15) is 4.79 Å². The Labute approximate surface area is 165 Å². The number of carbonyl (C=O) groups is 1. The van der Waals surface area contributed by atoms with E-state index in [-0.39, 0.29) is 12.5 Å². The maximum Gasteiger partial charge on any atom is 0.242 e. The first-order chi connectivity index (χ1) is 13.6. The van der Waals surface area contributed by atoms with E-state index in [1.807, 2.05) is 78.3 Å². The van der Waals surface area contributed by atoms with E-state index in [0.717, 1.165) is 28.0 Å². The molecule has 0 bridgehead atoms. The summed E-state index contributed by atoms with van der Waals surface area (Å²) in [5.41, 5.74) is 5.18. The number of fused-ring (bicyclic) bond motifs is 1. The van der Waals surface area contributed by atoms with Gasteiger partial charge in [0.15, 0.2) is 0 Å². The molecule has 0 radical (unpaired) electrons. The predicted molar refractivity (Wildman–Crippen MR) is 113 cm³/mol. The first-order valence-corrected chi connectivity index (χ1v) is 9.42. The van der Waals surface area contributed by atoms with Crippen LogP contribution in [0.3, 0.4) is 0 Å². The van der Waals surface area contributed by atoms with Crippen LogP contribution in [-0.2, 0) is 17.9 Å². The van der Waals surface area contributed by atoms with Crippen molar-refractivity contribution in [3.8, 4) is 11.4 Å². The number of aromatic nitrogens is 2. The van der Waals surface area contributed by atoms with Crippen molar-refractivity contribution in [2.24, 2.45) is 0 Å². The minimum absolute atomic E-state index is 0.0564. The maximum atomic E-state index is 13.0. The van der Waals surface area contributed by atoms with E-state index in [1.165, 1.54) is 5.56 Å². The molecule has 4 rings (SSSR count). The molecule has 0 saturated heterocycles. The number of amides is 1. The first kappa shape index (κ1) is 18.0. The van der Waals surface area contributed by atoms with Gasteiger partial charge in [0.2, 0.25) is 5.91 Å². The van der Waals surface area contributed by atoms with Gasteiger partial charge in [0.25, 0.3) is 0 Å². The lowest BCUT2D eigenvalue weighted by molar-refractivity contribution is -0.130. The van der Waals surface area contributed by atoms with Crippen LogP contribution in [0.2, 0.25) is 0 Å². The highest BCUT2D eigenvalue weighted by atomic mass is 16.2. The van der Waals surface area contributed by atoms with Crippen LogP contribution in [0.25, 0.3) is 22.4 Å². The molecular weight excluding hydrogens is 346 g/mol. The average molecular weight is 369 g/mol. The van der Waals surface area contributed by atoms with Gasteiger partial charge < -0.3 is 9.47 Å². The molecule has 28 heavy (non-hydrogen) atoms. The second-order valence-corrected chi connectivity index (χ2v) is 7.12. The van der Waals surface area contributed by atoms with E-state index >= 15 is 0 Å². The van der Waals surface area contributed by atoms with Crippen LogP contribution in [-0.4, -0.2) is 27.4 Å². The summed E-state index contributed by atoms with van der Waals surface area (Å²) in [6.45, 7) is 2.91. The molecule has 4 heteroatoms. The second kappa shape index (κ2) is 7.69. The molecule has 0 aliphatic rings. The van der Waals surface area contributed by atoms with Gasteiger partial charge in [-0.05, 0) is 30.7 Å². The van der Waals surface area contributed by atoms with Gasteiger partial charge in [-0.25, -0.2) is 4.98 Å². The van der Waals surface area contributed by atoms with Crippen molar-refractivity contribution < 1.29 is 4.79 Å². The highest BCUT2D eigenvalue weighted by Crippen LogP contribution is 2.25. The Kier molecular flexibility index (Phi) is 4.94. The summed E-state index contributed by atoms with van der Waals surface area (Å²) in [4.78, 5) is 19.6. The van der Waals surface area contributed by atoms with Gasteiger partial charge in [0.1, 0.15) is 12.4 Å². The Morgan fingerprint density at radius 3 is 2.50 bits per heavy atom. The maximum absolute atomic E-state index is 13.0. The third-order valence-electron chi connectivity index (χ3n) is 4.91. The van der Waals surface area contributed by atoms with Crippen LogP contribution in [0.5, 0.6) is 0 Å². The number of hydrogen-bond acceptors (Lipinski definition) is 2. The fourth-order valence-corrected chi connectivity index (χ4v) is 3.44. The molecule has 3 aromatic carbocycles. The lowest BCUT2D eigenvalue weighted by Gasteiger charge is -2.19. The van der Waals surface area contributed by atoms with Crippen LogP contribution in [0, 0.1) is 6.92 Å². The smallest absolute Gasteiger partial charge is 0.242 e. The summed E-state index contributed by atoms with van der Waals surface area (Å²) in [5.74, 6) is 0.882. The SMILES string of the molecule is Cc1cccc(-c2nc3ccccc3n2CC(=O)N(C)Cc2ccccc2)c1. The van der Waals surface area contributed by atoms with Gasteiger partial charge in [0, 0.05) is 19.2 Å². The lowest BCUT2D eigenvalue weighted by atomic mass is 10.1. The normalized spacial score (nSPS) is 10.9. The van der Waals surface area contributed by atoms with Crippen LogP contribution in [0.4, 0.5) is 0 Å². The number of nitrogens with zero attached hydrogens (tertiary/aromatic N) is 3. The summed E-state index contributed by atoms with van der Waals surface area (Å²) < 4.78 is 2.02. The van der Waals surface area contributed by atoms with Crippen molar-refractivity contribution in [1.82, 2.24) is 14.5 Å². The number of imidazole rings is 1. The van der Waals surface area contributed by atoms with Gasteiger partial charge in [-0.15, -0.1) is 0 Å². The molecule has 0 spiro atoms. The Hall–Kier alpha value is -3.40. The molecule has 0 atom stereocenters. The van der Waals surface area contributed by atoms with E-state index < -0.39 is 0 Å². The summed E-state index contributed by atoms with van der Waals surface area (Å²) >= 11 is 0.